The summed E-state index contributed by atoms with van der Waals surface area (Å²) < 4.78 is 18.7. The van der Waals surface area contributed by atoms with Gasteiger partial charge in [-0.1, -0.05) is 17.7 Å². The van der Waals surface area contributed by atoms with Crippen molar-refractivity contribution in [3.05, 3.63) is 41.4 Å². The van der Waals surface area contributed by atoms with Gasteiger partial charge in [0.15, 0.2) is 0 Å². The maximum atomic E-state index is 13.3. The molecule has 0 amide bonds. The first kappa shape index (κ1) is 15.2. The molecule has 22 heavy (non-hydrogen) atoms. The van der Waals surface area contributed by atoms with E-state index in [1.54, 1.807) is 6.07 Å². The molecule has 1 aliphatic rings. The number of hydrogen-bond donors (Lipinski definition) is 1. The lowest BCUT2D eigenvalue weighted by molar-refractivity contribution is 0.0699. The zero-order valence-electron chi connectivity index (χ0n) is 12.1. The number of nitrogens with zero attached hydrogens (tertiary/aromatic N) is 2. The molecule has 0 spiro atoms. The second-order valence-electron chi connectivity index (χ2n) is 5.33. The van der Waals surface area contributed by atoms with Crippen molar-refractivity contribution in [2.75, 3.05) is 25.1 Å². The van der Waals surface area contributed by atoms with Crippen molar-refractivity contribution in [3.8, 4) is 11.3 Å². The Balaban J connectivity index is 1.73. The van der Waals surface area contributed by atoms with Crippen LogP contribution >= 0.6 is 11.6 Å². The summed E-state index contributed by atoms with van der Waals surface area (Å²) in [5.41, 5.74) is 1.17. The van der Waals surface area contributed by atoms with Crippen LogP contribution in [0.2, 0.25) is 5.02 Å². The van der Waals surface area contributed by atoms with E-state index in [0.29, 0.717) is 22.2 Å². The summed E-state index contributed by atoms with van der Waals surface area (Å²) in [7, 11) is 0. The topological polar surface area (TPSA) is 47.0 Å². The van der Waals surface area contributed by atoms with Crippen molar-refractivity contribution in [1.29, 1.82) is 0 Å². The first-order valence-electron chi connectivity index (χ1n) is 7.32. The van der Waals surface area contributed by atoms with Crippen molar-refractivity contribution in [3.63, 3.8) is 0 Å². The third kappa shape index (κ3) is 3.72. The Kier molecular flexibility index (Phi) is 4.85. The third-order valence-electron chi connectivity index (χ3n) is 3.76. The van der Waals surface area contributed by atoms with Crippen LogP contribution in [0.5, 0.6) is 0 Å². The molecule has 0 radical (unpaired) electrons. The van der Waals surface area contributed by atoms with Crippen LogP contribution in [0.4, 0.5) is 10.2 Å². The molecule has 1 fully saturated rings. The van der Waals surface area contributed by atoms with E-state index in [-0.39, 0.29) is 0 Å². The van der Waals surface area contributed by atoms with Crippen LogP contribution in [0.15, 0.2) is 30.5 Å². The molecule has 3 rings (SSSR count). The van der Waals surface area contributed by atoms with Crippen molar-refractivity contribution in [2.45, 2.75) is 12.8 Å². The number of rotatable bonds is 4. The molecule has 0 saturated carbocycles. The molecule has 0 aliphatic carbocycles. The van der Waals surface area contributed by atoms with Crippen molar-refractivity contribution in [2.24, 2.45) is 5.92 Å². The molecule has 4 nitrogen and oxygen atoms in total. The Morgan fingerprint density at radius 2 is 2.14 bits per heavy atom. The lowest BCUT2D eigenvalue weighted by Gasteiger charge is -2.22. The van der Waals surface area contributed by atoms with Gasteiger partial charge in [0.05, 0.1) is 10.7 Å². The molecule has 1 aliphatic heterocycles. The van der Waals surface area contributed by atoms with E-state index in [0.717, 1.165) is 38.4 Å². The maximum absolute atomic E-state index is 13.3. The third-order valence-corrected chi connectivity index (χ3v) is 4.06. The molecule has 6 heteroatoms. The molecule has 0 aromatic carbocycles. The van der Waals surface area contributed by atoms with Crippen molar-refractivity contribution >= 4 is 17.4 Å². The van der Waals surface area contributed by atoms with Gasteiger partial charge in [0.2, 0.25) is 5.95 Å². The molecule has 0 unspecified atom stereocenters. The van der Waals surface area contributed by atoms with Gasteiger partial charge in [-0.15, -0.1) is 0 Å². The van der Waals surface area contributed by atoms with E-state index < -0.39 is 5.95 Å². The standard InChI is InChI=1S/C16H17ClFN3O/c17-13-10-19-15(18)8-12(13)14-2-1-3-16(21-14)20-9-11-4-6-22-7-5-11/h1-3,8,10-11H,4-7,9H2,(H,20,21). The Hall–Kier alpha value is -1.72. The number of anilines is 1. The van der Waals surface area contributed by atoms with Gasteiger partial charge in [-0.25, -0.2) is 9.97 Å². The summed E-state index contributed by atoms with van der Waals surface area (Å²) in [5.74, 6) is 0.792. The second-order valence-corrected chi connectivity index (χ2v) is 5.74. The van der Waals surface area contributed by atoms with Crippen molar-refractivity contribution < 1.29 is 9.13 Å². The van der Waals surface area contributed by atoms with Crippen molar-refractivity contribution in [1.82, 2.24) is 9.97 Å². The lowest BCUT2D eigenvalue weighted by Crippen LogP contribution is -2.22. The van der Waals surface area contributed by atoms with Gasteiger partial charge in [0, 0.05) is 37.6 Å². The average molecular weight is 322 g/mol. The fourth-order valence-electron chi connectivity index (χ4n) is 2.49. The van der Waals surface area contributed by atoms with Crippen LogP contribution in [0, 0.1) is 11.9 Å². The van der Waals surface area contributed by atoms with Gasteiger partial charge in [-0.2, -0.15) is 4.39 Å². The molecule has 2 aromatic heterocycles. The van der Waals surface area contributed by atoms with Gasteiger partial charge in [0.1, 0.15) is 5.82 Å². The van der Waals surface area contributed by atoms with Gasteiger partial charge in [-0.05, 0) is 30.9 Å². The van der Waals surface area contributed by atoms with E-state index >= 15 is 0 Å². The second kappa shape index (κ2) is 7.03. The summed E-state index contributed by atoms with van der Waals surface area (Å²) in [6.45, 7) is 2.51. The summed E-state index contributed by atoms with van der Waals surface area (Å²) in [6, 6.07) is 6.88. The summed E-state index contributed by atoms with van der Waals surface area (Å²) >= 11 is 6.08. The highest BCUT2D eigenvalue weighted by molar-refractivity contribution is 6.33. The van der Waals surface area contributed by atoms with Gasteiger partial charge in [0.25, 0.3) is 0 Å². The van der Waals surface area contributed by atoms with Crippen LogP contribution in [-0.4, -0.2) is 29.7 Å². The molecular weight excluding hydrogens is 305 g/mol. The minimum absolute atomic E-state index is 0.385. The predicted molar refractivity (Wildman–Crippen MR) is 84.5 cm³/mol. The first-order valence-corrected chi connectivity index (χ1v) is 7.70. The van der Waals surface area contributed by atoms with E-state index in [4.69, 9.17) is 16.3 Å². The lowest BCUT2D eigenvalue weighted by atomic mass is 10.0. The highest BCUT2D eigenvalue weighted by Crippen LogP contribution is 2.27. The highest BCUT2D eigenvalue weighted by atomic mass is 35.5. The number of halogens is 2. The molecule has 3 heterocycles. The first-order chi connectivity index (χ1) is 10.7. The minimum Gasteiger partial charge on any atom is -0.381 e. The van der Waals surface area contributed by atoms with Crippen LogP contribution in [0.1, 0.15) is 12.8 Å². The molecule has 0 atom stereocenters. The Bertz CT molecular complexity index is 647. The highest BCUT2D eigenvalue weighted by Gasteiger charge is 2.14. The maximum Gasteiger partial charge on any atom is 0.213 e. The van der Waals surface area contributed by atoms with Gasteiger partial charge in [-0.3, -0.25) is 0 Å². The Morgan fingerprint density at radius 1 is 1.32 bits per heavy atom. The van der Waals surface area contributed by atoms with Gasteiger partial charge >= 0.3 is 0 Å². The SMILES string of the molecule is Fc1cc(-c2cccc(NCC3CCOCC3)n2)c(Cl)cn1. The van der Waals surface area contributed by atoms with Crippen LogP contribution < -0.4 is 5.32 Å². The normalized spacial score (nSPS) is 15.7. The fraction of sp³-hybridized carbons (Fsp3) is 0.375. The smallest absolute Gasteiger partial charge is 0.213 e. The number of hydrogen-bond acceptors (Lipinski definition) is 4. The molecule has 0 bridgehead atoms. The largest absolute Gasteiger partial charge is 0.381 e. The van der Waals surface area contributed by atoms with Crippen LogP contribution in [0.3, 0.4) is 0 Å². The predicted octanol–water partition coefficient (Wildman–Crippen LogP) is 3.77. The number of aromatic nitrogens is 2. The molecule has 116 valence electrons. The molecule has 1 N–H and O–H groups in total. The molecule has 1 saturated heterocycles. The van der Waals surface area contributed by atoms with Crippen LogP contribution in [-0.2, 0) is 4.74 Å². The summed E-state index contributed by atoms with van der Waals surface area (Å²) in [4.78, 5) is 8.04. The van der Waals surface area contributed by atoms with Gasteiger partial charge < -0.3 is 10.1 Å². The van der Waals surface area contributed by atoms with E-state index in [9.17, 15) is 4.39 Å². The Labute approximate surface area is 133 Å². The number of nitrogens with one attached hydrogen (secondary N) is 1. The molecule has 2 aromatic rings. The quantitative estimate of drug-likeness (QED) is 0.871. The van der Waals surface area contributed by atoms with Crippen LogP contribution in [0.25, 0.3) is 11.3 Å². The monoisotopic (exact) mass is 321 g/mol. The Morgan fingerprint density at radius 3 is 2.95 bits per heavy atom. The fourth-order valence-corrected chi connectivity index (χ4v) is 2.69. The van der Waals surface area contributed by atoms with E-state index in [2.05, 4.69) is 15.3 Å². The minimum atomic E-state index is -0.568. The zero-order valence-corrected chi connectivity index (χ0v) is 12.8. The van der Waals surface area contributed by atoms with E-state index in [1.165, 1.54) is 12.3 Å². The number of ether oxygens (including phenoxy) is 1. The average Bonchev–Trinajstić information content (AvgIpc) is 2.56. The number of pyridine rings is 2. The summed E-state index contributed by atoms with van der Waals surface area (Å²) in [6.07, 6.45) is 3.43. The van der Waals surface area contributed by atoms with E-state index in [1.807, 2.05) is 12.1 Å². The zero-order chi connectivity index (χ0) is 15.4. The molecular formula is C16H17ClFN3O. The summed E-state index contributed by atoms with van der Waals surface area (Å²) in [5, 5.41) is 3.72.